The second kappa shape index (κ2) is 5.79. The third-order valence-electron chi connectivity index (χ3n) is 2.44. The molecule has 2 aromatic rings. The highest BCUT2D eigenvalue weighted by atomic mass is 79.9. The average molecular weight is 388 g/mol. The van der Waals surface area contributed by atoms with Crippen LogP contribution in [0.3, 0.4) is 0 Å². The van der Waals surface area contributed by atoms with Crippen molar-refractivity contribution in [1.82, 2.24) is 4.98 Å². The molecule has 0 unspecified atom stereocenters. The van der Waals surface area contributed by atoms with Crippen LogP contribution in [0.25, 0.3) is 0 Å². The summed E-state index contributed by atoms with van der Waals surface area (Å²) >= 11 is 6.54. The number of carbonyl (C=O) groups is 1. The van der Waals surface area contributed by atoms with Crippen molar-refractivity contribution < 1.29 is 9.18 Å². The number of anilines is 1. The molecule has 1 aromatic carbocycles. The quantitative estimate of drug-likeness (QED) is 0.834. The van der Waals surface area contributed by atoms with Crippen LogP contribution in [0.15, 0.2) is 39.3 Å². The zero-order valence-electron chi connectivity index (χ0n) is 9.88. The number of pyridine rings is 1. The SMILES string of the molecule is Cc1nc(NC(=O)c2cc(F)ccc2Br)ccc1Br. The van der Waals surface area contributed by atoms with Crippen molar-refractivity contribution in [3.63, 3.8) is 0 Å². The number of amides is 1. The van der Waals surface area contributed by atoms with E-state index in [4.69, 9.17) is 0 Å². The number of carbonyl (C=O) groups excluding carboxylic acids is 1. The second-order valence-corrected chi connectivity index (χ2v) is 5.55. The van der Waals surface area contributed by atoms with E-state index in [0.717, 1.165) is 10.2 Å². The molecule has 0 spiro atoms. The predicted molar refractivity (Wildman–Crippen MR) is 78.7 cm³/mol. The van der Waals surface area contributed by atoms with Crippen molar-refractivity contribution in [1.29, 1.82) is 0 Å². The van der Waals surface area contributed by atoms with E-state index in [1.165, 1.54) is 18.2 Å². The minimum absolute atomic E-state index is 0.224. The van der Waals surface area contributed by atoms with Gasteiger partial charge in [0, 0.05) is 8.95 Å². The highest BCUT2D eigenvalue weighted by Crippen LogP contribution is 2.20. The molecular formula is C13H9Br2FN2O. The molecule has 98 valence electrons. The van der Waals surface area contributed by atoms with E-state index < -0.39 is 11.7 Å². The molecule has 0 fully saturated rings. The van der Waals surface area contributed by atoms with Crippen LogP contribution in [0.2, 0.25) is 0 Å². The summed E-state index contributed by atoms with van der Waals surface area (Å²) in [7, 11) is 0. The molecule has 1 N–H and O–H groups in total. The largest absolute Gasteiger partial charge is 0.307 e. The summed E-state index contributed by atoms with van der Waals surface area (Å²) in [5.41, 5.74) is 0.985. The molecule has 0 bridgehead atoms. The average Bonchev–Trinajstić information content (AvgIpc) is 2.36. The van der Waals surface area contributed by atoms with E-state index in [1.54, 1.807) is 12.1 Å². The van der Waals surface area contributed by atoms with Gasteiger partial charge < -0.3 is 5.32 Å². The molecular weight excluding hydrogens is 379 g/mol. The number of halogens is 3. The van der Waals surface area contributed by atoms with E-state index in [2.05, 4.69) is 42.2 Å². The highest BCUT2D eigenvalue weighted by Gasteiger charge is 2.12. The first-order valence-corrected chi connectivity index (χ1v) is 6.95. The van der Waals surface area contributed by atoms with E-state index in [0.29, 0.717) is 10.3 Å². The van der Waals surface area contributed by atoms with Crippen LogP contribution in [0.1, 0.15) is 16.1 Å². The number of aryl methyl sites for hydroxylation is 1. The number of nitrogens with zero attached hydrogens (tertiary/aromatic N) is 1. The Kier molecular flexibility index (Phi) is 4.31. The maximum atomic E-state index is 13.1. The summed E-state index contributed by atoms with van der Waals surface area (Å²) in [6, 6.07) is 7.40. The minimum Gasteiger partial charge on any atom is -0.307 e. The first-order chi connectivity index (χ1) is 8.97. The van der Waals surface area contributed by atoms with Gasteiger partial charge in [-0.2, -0.15) is 0 Å². The molecule has 0 saturated heterocycles. The first-order valence-electron chi connectivity index (χ1n) is 5.37. The molecule has 0 aliphatic rings. The van der Waals surface area contributed by atoms with Crippen molar-refractivity contribution >= 4 is 43.6 Å². The Hall–Kier alpha value is -1.27. The van der Waals surface area contributed by atoms with Gasteiger partial charge in [-0.15, -0.1) is 0 Å². The van der Waals surface area contributed by atoms with Gasteiger partial charge in [-0.05, 0) is 69.1 Å². The van der Waals surface area contributed by atoms with Crippen molar-refractivity contribution in [2.75, 3.05) is 5.32 Å². The van der Waals surface area contributed by atoms with Crippen molar-refractivity contribution in [2.45, 2.75) is 6.92 Å². The maximum absolute atomic E-state index is 13.1. The van der Waals surface area contributed by atoms with Gasteiger partial charge in [0.25, 0.3) is 5.91 Å². The van der Waals surface area contributed by atoms with Crippen molar-refractivity contribution in [2.24, 2.45) is 0 Å². The number of aromatic nitrogens is 1. The second-order valence-electron chi connectivity index (χ2n) is 3.84. The minimum atomic E-state index is -0.465. The third kappa shape index (κ3) is 3.39. The molecule has 2 rings (SSSR count). The Labute approximate surface area is 126 Å². The molecule has 0 radical (unpaired) electrons. The summed E-state index contributed by atoms with van der Waals surface area (Å²) in [5, 5.41) is 2.63. The van der Waals surface area contributed by atoms with Crippen LogP contribution < -0.4 is 5.32 Å². The van der Waals surface area contributed by atoms with Crippen LogP contribution in [0.4, 0.5) is 10.2 Å². The van der Waals surface area contributed by atoms with Gasteiger partial charge in [-0.1, -0.05) is 0 Å². The summed E-state index contributed by atoms with van der Waals surface area (Å²) < 4.78 is 14.5. The maximum Gasteiger partial charge on any atom is 0.258 e. The summed E-state index contributed by atoms with van der Waals surface area (Å²) in [5.74, 6) is -0.462. The summed E-state index contributed by atoms with van der Waals surface area (Å²) in [6.07, 6.45) is 0. The number of rotatable bonds is 2. The van der Waals surface area contributed by atoms with Gasteiger partial charge in [0.15, 0.2) is 0 Å². The number of benzene rings is 1. The molecule has 0 atom stereocenters. The van der Waals surface area contributed by atoms with E-state index >= 15 is 0 Å². The first kappa shape index (κ1) is 14.1. The fourth-order valence-electron chi connectivity index (χ4n) is 1.47. The molecule has 0 saturated carbocycles. The normalized spacial score (nSPS) is 10.3. The monoisotopic (exact) mass is 386 g/mol. The Bertz CT molecular complexity index is 647. The molecule has 3 nitrogen and oxygen atoms in total. The lowest BCUT2D eigenvalue weighted by atomic mass is 10.2. The molecule has 1 amide bonds. The molecule has 19 heavy (non-hydrogen) atoms. The lowest BCUT2D eigenvalue weighted by molar-refractivity contribution is 0.102. The number of nitrogens with one attached hydrogen (secondary N) is 1. The van der Waals surface area contributed by atoms with Gasteiger partial charge in [0.05, 0.1) is 11.3 Å². The van der Waals surface area contributed by atoms with Gasteiger partial charge >= 0.3 is 0 Å². The zero-order valence-corrected chi connectivity index (χ0v) is 13.0. The van der Waals surface area contributed by atoms with Crippen LogP contribution >= 0.6 is 31.9 Å². The van der Waals surface area contributed by atoms with Crippen LogP contribution in [-0.2, 0) is 0 Å². The molecule has 6 heteroatoms. The Morgan fingerprint density at radius 3 is 2.58 bits per heavy atom. The standard InChI is InChI=1S/C13H9Br2FN2O/c1-7-10(14)4-5-12(17-7)18-13(19)9-6-8(16)2-3-11(9)15/h2-6H,1H3,(H,17,18,19). The summed E-state index contributed by atoms with van der Waals surface area (Å²) in [6.45, 7) is 1.82. The molecule has 1 aromatic heterocycles. The third-order valence-corrected chi connectivity index (χ3v) is 3.97. The molecule has 0 aliphatic heterocycles. The van der Waals surface area contributed by atoms with Gasteiger partial charge in [-0.25, -0.2) is 9.37 Å². The lowest BCUT2D eigenvalue weighted by Gasteiger charge is -2.07. The van der Waals surface area contributed by atoms with Gasteiger partial charge in [0.1, 0.15) is 11.6 Å². The van der Waals surface area contributed by atoms with E-state index in [-0.39, 0.29) is 5.56 Å². The van der Waals surface area contributed by atoms with Crippen molar-refractivity contribution in [3.05, 3.63) is 56.4 Å². The number of hydrogen-bond donors (Lipinski definition) is 1. The Morgan fingerprint density at radius 1 is 1.21 bits per heavy atom. The number of hydrogen-bond acceptors (Lipinski definition) is 2. The topological polar surface area (TPSA) is 42.0 Å². The van der Waals surface area contributed by atoms with Gasteiger partial charge in [0.2, 0.25) is 0 Å². The predicted octanol–water partition coefficient (Wildman–Crippen LogP) is 4.31. The smallest absolute Gasteiger partial charge is 0.258 e. The zero-order chi connectivity index (χ0) is 14.0. The summed E-state index contributed by atoms with van der Waals surface area (Å²) in [4.78, 5) is 16.2. The lowest BCUT2D eigenvalue weighted by Crippen LogP contribution is -2.14. The van der Waals surface area contributed by atoms with Gasteiger partial charge in [-0.3, -0.25) is 4.79 Å². The molecule has 1 heterocycles. The fraction of sp³-hybridized carbons (Fsp3) is 0.0769. The van der Waals surface area contributed by atoms with Crippen LogP contribution in [0.5, 0.6) is 0 Å². The van der Waals surface area contributed by atoms with Crippen LogP contribution in [-0.4, -0.2) is 10.9 Å². The Morgan fingerprint density at radius 2 is 1.89 bits per heavy atom. The van der Waals surface area contributed by atoms with E-state index in [1.807, 2.05) is 6.92 Å². The fourth-order valence-corrected chi connectivity index (χ4v) is 2.12. The van der Waals surface area contributed by atoms with Crippen molar-refractivity contribution in [3.8, 4) is 0 Å². The van der Waals surface area contributed by atoms with Crippen LogP contribution in [0, 0.1) is 12.7 Å². The highest BCUT2D eigenvalue weighted by molar-refractivity contribution is 9.10. The molecule has 0 aliphatic carbocycles. The Balaban J connectivity index is 2.25. The van der Waals surface area contributed by atoms with E-state index in [9.17, 15) is 9.18 Å².